The molecule has 0 aromatic heterocycles. The average Bonchev–Trinajstić information content (AvgIpc) is 2.74. The Kier molecular flexibility index (Phi) is 7.60. The van der Waals surface area contributed by atoms with Crippen molar-refractivity contribution in [2.75, 3.05) is 0 Å². The molecule has 1 unspecified atom stereocenters. The number of hydrogen-bond acceptors (Lipinski definition) is 3. The normalized spacial score (nSPS) is 11.8. The standard InChI is InChI=1S/C26H28O3/c1-20(28-19-23-8-4-3-5-9-23)7-6-10-22-11-13-24(14-12-22)25-15-17-26(18-16-25)29-21(2)27/h3-5,8-9,11-18,20H,6-7,10,19H2,1-2H3. The second-order valence-electron chi connectivity index (χ2n) is 7.31. The molecule has 0 N–H and O–H groups in total. The minimum Gasteiger partial charge on any atom is -0.427 e. The van der Waals surface area contributed by atoms with Gasteiger partial charge >= 0.3 is 5.97 Å². The molecule has 1 atom stereocenters. The van der Waals surface area contributed by atoms with Gasteiger partial charge in [0.15, 0.2) is 0 Å². The number of rotatable bonds is 9. The maximum atomic E-state index is 11.0. The summed E-state index contributed by atoms with van der Waals surface area (Å²) in [6, 6.07) is 26.5. The lowest BCUT2D eigenvalue weighted by Gasteiger charge is -2.13. The Balaban J connectivity index is 1.43. The van der Waals surface area contributed by atoms with Gasteiger partial charge in [-0.25, -0.2) is 0 Å². The summed E-state index contributed by atoms with van der Waals surface area (Å²) in [7, 11) is 0. The summed E-state index contributed by atoms with van der Waals surface area (Å²) in [5, 5.41) is 0. The summed E-state index contributed by atoms with van der Waals surface area (Å²) >= 11 is 0. The van der Waals surface area contributed by atoms with Gasteiger partial charge in [0, 0.05) is 6.92 Å². The van der Waals surface area contributed by atoms with Crippen LogP contribution in [0.5, 0.6) is 5.75 Å². The molecule has 3 aromatic carbocycles. The van der Waals surface area contributed by atoms with Crippen molar-refractivity contribution in [3.05, 3.63) is 90.0 Å². The Bertz CT molecular complexity index is 884. The largest absolute Gasteiger partial charge is 0.427 e. The summed E-state index contributed by atoms with van der Waals surface area (Å²) in [4.78, 5) is 11.0. The third kappa shape index (κ3) is 6.88. The van der Waals surface area contributed by atoms with Gasteiger partial charge in [0.1, 0.15) is 5.75 Å². The fraction of sp³-hybridized carbons (Fsp3) is 0.269. The smallest absolute Gasteiger partial charge is 0.308 e. The number of ether oxygens (including phenoxy) is 2. The van der Waals surface area contributed by atoms with Crippen LogP contribution in [-0.4, -0.2) is 12.1 Å². The zero-order valence-electron chi connectivity index (χ0n) is 17.1. The molecule has 150 valence electrons. The van der Waals surface area contributed by atoms with Gasteiger partial charge in [-0.3, -0.25) is 4.79 Å². The van der Waals surface area contributed by atoms with Crippen LogP contribution in [0.2, 0.25) is 0 Å². The van der Waals surface area contributed by atoms with Gasteiger partial charge in [0.05, 0.1) is 12.7 Å². The monoisotopic (exact) mass is 388 g/mol. The molecule has 0 heterocycles. The van der Waals surface area contributed by atoms with Crippen molar-refractivity contribution in [1.82, 2.24) is 0 Å². The summed E-state index contributed by atoms with van der Waals surface area (Å²) in [6.45, 7) is 4.22. The number of carbonyl (C=O) groups excluding carboxylic acids is 1. The lowest BCUT2D eigenvalue weighted by atomic mass is 10.0. The average molecular weight is 389 g/mol. The predicted octanol–water partition coefficient (Wildman–Crippen LogP) is 6.21. The van der Waals surface area contributed by atoms with E-state index in [1.807, 2.05) is 42.5 Å². The van der Waals surface area contributed by atoms with Gasteiger partial charge in [-0.15, -0.1) is 0 Å². The number of hydrogen-bond donors (Lipinski definition) is 0. The Hall–Kier alpha value is -2.91. The summed E-state index contributed by atoms with van der Waals surface area (Å²) in [6.07, 6.45) is 3.45. The Labute approximate surface area is 173 Å². The first kappa shape index (κ1) is 20.8. The van der Waals surface area contributed by atoms with Crippen molar-refractivity contribution in [2.24, 2.45) is 0 Å². The van der Waals surface area contributed by atoms with Gasteiger partial charge < -0.3 is 9.47 Å². The molecule has 3 nitrogen and oxygen atoms in total. The van der Waals surface area contributed by atoms with E-state index in [1.54, 1.807) is 0 Å². The third-order valence-electron chi connectivity index (χ3n) is 4.86. The second kappa shape index (κ2) is 10.6. The highest BCUT2D eigenvalue weighted by Gasteiger charge is 2.05. The molecular formula is C26H28O3. The molecule has 0 saturated carbocycles. The predicted molar refractivity (Wildman–Crippen MR) is 117 cm³/mol. The van der Waals surface area contributed by atoms with Crippen molar-refractivity contribution in [3.8, 4) is 16.9 Å². The minimum absolute atomic E-state index is 0.255. The van der Waals surface area contributed by atoms with Crippen molar-refractivity contribution in [2.45, 2.75) is 45.8 Å². The van der Waals surface area contributed by atoms with Gasteiger partial charge in [-0.2, -0.15) is 0 Å². The van der Waals surface area contributed by atoms with Gasteiger partial charge in [0.25, 0.3) is 0 Å². The molecule has 0 fully saturated rings. The molecule has 0 spiro atoms. The lowest BCUT2D eigenvalue weighted by Crippen LogP contribution is -2.08. The molecule has 3 rings (SSSR count). The highest BCUT2D eigenvalue weighted by atomic mass is 16.5. The zero-order valence-corrected chi connectivity index (χ0v) is 17.1. The Morgan fingerprint density at radius 2 is 1.45 bits per heavy atom. The fourth-order valence-corrected chi connectivity index (χ4v) is 3.23. The topological polar surface area (TPSA) is 35.5 Å². The van der Waals surface area contributed by atoms with Gasteiger partial charge in [-0.05, 0) is 60.6 Å². The van der Waals surface area contributed by atoms with Crippen LogP contribution in [-0.2, 0) is 22.6 Å². The van der Waals surface area contributed by atoms with Crippen LogP contribution in [0.4, 0.5) is 0 Å². The van der Waals surface area contributed by atoms with Crippen LogP contribution in [0.3, 0.4) is 0 Å². The Morgan fingerprint density at radius 1 is 0.828 bits per heavy atom. The van der Waals surface area contributed by atoms with E-state index < -0.39 is 0 Å². The first-order valence-electron chi connectivity index (χ1n) is 10.1. The van der Waals surface area contributed by atoms with E-state index in [-0.39, 0.29) is 12.1 Å². The first-order valence-corrected chi connectivity index (χ1v) is 10.1. The van der Waals surface area contributed by atoms with E-state index in [2.05, 4.69) is 43.3 Å². The van der Waals surface area contributed by atoms with E-state index in [4.69, 9.17) is 9.47 Å². The fourth-order valence-electron chi connectivity index (χ4n) is 3.23. The van der Waals surface area contributed by atoms with Crippen molar-refractivity contribution in [1.29, 1.82) is 0 Å². The molecule has 29 heavy (non-hydrogen) atoms. The molecule has 0 aliphatic rings. The molecule has 0 saturated heterocycles. The number of carbonyl (C=O) groups is 1. The van der Waals surface area contributed by atoms with E-state index >= 15 is 0 Å². The van der Waals surface area contributed by atoms with E-state index in [0.29, 0.717) is 12.4 Å². The van der Waals surface area contributed by atoms with Crippen LogP contribution in [0.1, 0.15) is 37.8 Å². The molecule has 0 amide bonds. The van der Waals surface area contributed by atoms with Crippen molar-refractivity contribution in [3.63, 3.8) is 0 Å². The minimum atomic E-state index is -0.304. The molecule has 0 radical (unpaired) electrons. The van der Waals surface area contributed by atoms with E-state index in [1.165, 1.54) is 18.1 Å². The number of aryl methyl sites for hydroxylation is 1. The lowest BCUT2D eigenvalue weighted by molar-refractivity contribution is -0.131. The molecule has 0 bridgehead atoms. The third-order valence-corrected chi connectivity index (χ3v) is 4.86. The number of esters is 1. The quantitative estimate of drug-likeness (QED) is 0.323. The maximum Gasteiger partial charge on any atom is 0.308 e. The first-order chi connectivity index (χ1) is 14.1. The molecule has 0 aliphatic heterocycles. The summed E-state index contributed by atoms with van der Waals surface area (Å²) < 4.78 is 11.0. The highest BCUT2D eigenvalue weighted by molar-refractivity contribution is 5.70. The van der Waals surface area contributed by atoms with Crippen LogP contribution in [0, 0.1) is 0 Å². The zero-order chi connectivity index (χ0) is 20.5. The summed E-state index contributed by atoms with van der Waals surface area (Å²) in [5.74, 6) is 0.267. The van der Waals surface area contributed by atoms with Crippen LogP contribution < -0.4 is 4.74 Å². The maximum absolute atomic E-state index is 11.0. The Morgan fingerprint density at radius 3 is 2.07 bits per heavy atom. The molecule has 3 heteroatoms. The van der Waals surface area contributed by atoms with Gasteiger partial charge in [-0.1, -0.05) is 66.7 Å². The van der Waals surface area contributed by atoms with E-state index in [9.17, 15) is 4.79 Å². The summed E-state index contributed by atoms with van der Waals surface area (Å²) in [5.41, 5.74) is 4.81. The van der Waals surface area contributed by atoms with Crippen LogP contribution in [0.15, 0.2) is 78.9 Å². The van der Waals surface area contributed by atoms with Crippen molar-refractivity contribution < 1.29 is 14.3 Å². The molecule has 3 aromatic rings. The highest BCUT2D eigenvalue weighted by Crippen LogP contribution is 2.23. The van der Waals surface area contributed by atoms with Crippen LogP contribution in [0.25, 0.3) is 11.1 Å². The van der Waals surface area contributed by atoms with Crippen molar-refractivity contribution >= 4 is 5.97 Å². The molecule has 0 aliphatic carbocycles. The SMILES string of the molecule is CC(=O)Oc1ccc(-c2ccc(CCCC(C)OCc3ccccc3)cc2)cc1. The van der Waals surface area contributed by atoms with Gasteiger partial charge in [0.2, 0.25) is 0 Å². The molecular weight excluding hydrogens is 360 g/mol. The second-order valence-corrected chi connectivity index (χ2v) is 7.31. The van der Waals surface area contributed by atoms with Crippen LogP contribution >= 0.6 is 0 Å². The van der Waals surface area contributed by atoms with E-state index in [0.717, 1.165) is 30.4 Å². The number of benzene rings is 3.